The van der Waals surface area contributed by atoms with Gasteiger partial charge in [0.05, 0.1) is 11.9 Å². The van der Waals surface area contributed by atoms with E-state index in [0.717, 1.165) is 53.1 Å². The molecule has 2 aromatic carbocycles. The minimum atomic E-state index is -4.52. The third-order valence-corrected chi connectivity index (χ3v) is 9.64. The highest BCUT2D eigenvalue weighted by Gasteiger charge is 2.46. The van der Waals surface area contributed by atoms with Crippen molar-refractivity contribution in [2.75, 3.05) is 0 Å². The molecule has 8 heteroatoms. The van der Waals surface area contributed by atoms with E-state index >= 15 is 0 Å². The summed E-state index contributed by atoms with van der Waals surface area (Å²) in [6, 6.07) is 21.0. The second-order valence-corrected chi connectivity index (χ2v) is 12.8. The summed E-state index contributed by atoms with van der Waals surface area (Å²) in [5.74, 6) is 0. The zero-order valence-electron chi connectivity index (χ0n) is 25.0. The second-order valence-electron chi connectivity index (χ2n) is 12.3. The molecule has 0 spiro atoms. The van der Waals surface area contributed by atoms with Crippen LogP contribution in [-0.2, 0) is 37.3 Å². The third kappa shape index (κ3) is 6.02. The van der Waals surface area contributed by atoms with Crippen LogP contribution in [0.2, 0.25) is 5.02 Å². The van der Waals surface area contributed by atoms with Gasteiger partial charge in [0, 0.05) is 45.3 Å². The number of para-hydroxylation sites is 1. The number of nitrogens with zero attached hydrogens (tertiary/aromatic N) is 4. The summed E-state index contributed by atoms with van der Waals surface area (Å²) in [5, 5.41) is 4.82. The van der Waals surface area contributed by atoms with Crippen LogP contribution in [0.3, 0.4) is 0 Å². The minimum absolute atomic E-state index is 0.0669. The van der Waals surface area contributed by atoms with Crippen molar-refractivity contribution in [1.29, 1.82) is 0 Å². The number of pyridine rings is 2. The van der Waals surface area contributed by atoms with E-state index in [1.807, 2.05) is 18.2 Å². The van der Waals surface area contributed by atoms with E-state index in [0.29, 0.717) is 11.3 Å². The van der Waals surface area contributed by atoms with Crippen LogP contribution in [0.5, 0.6) is 0 Å². The first kappa shape index (κ1) is 29.7. The molecule has 3 heterocycles. The van der Waals surface area contributed by atoms with Crippen molar-refractivity contribution in [2.45, 2.75) is 75.8 Å². The molecule has 0 unspecified atom stereocenters. The second kappa shape index (κ2) is 12.1. The van der Waals surface area contributed by atoms with Crippen LogP contribution in [0.25, 0.3) is 16.8 Å². The van der Waals surface area contributed by atoms with E-state index in [1.165, 1.54) is 66.9 Å². The Morgan fingerprint density at radius 2 is 1.31 bits per heavy atom. The Balaban J connectivity index is 0.000000148. The fourth-order valence-corrected chi connectivity index (χ4v) is 6.95. The van der Waals surface area contributed by atoms with Gasteiger partial charge in [-0.1, -0.05) is 48.0 Å². The van der Waals surface area contributed by atoms with Crippen molar-refractivity contribution in [1.82, 2.24) is 19.7 Å². The lowest BCUT2D eigenvalue weighted by atomic mass is 9.86. The number of alkyl halides is 3. The number of halogens is 4. The van der Waals surface area contributed by atoms with Gasteiger partial charge in [0.25, 0.3) is 0 Å². The van der Waals surface area contributed by atoms with Crippen LogP contribution in [-0.4, -0.2) is 19.7 Å². The molecule has 45 heavy (non-hydrogen) atoms. The monoisotopic (exact) mass is 626 g/mol. The largest absolute Gasteiger partial charge is 0.434 e. The molecular formula is C37H34ClF3N4. The number of fused-ring (bicyclic) bond motifs is 2. The standard InChI is InChI=1S/C19H16F3N3.C18H18ClN/c20-19(21,22)18-16(12-24-25(18)15-7-2-1-3-8-15)14-10-13-6-4-5-9-17(13)23-11-14;19-16-7-5-14(6-8-16)18(9-10-18)15-11-13-3-1-2-4-17(13)20-12-15/h1-3,7-8,10-12H,4-6,9H2;5-8,11-12H,1-4,9-10H2. The molecule has 3 aliphatic rings. The zero-order chi connectivity index (χ0) is 31.0. The van der Waals surface area contributed by atoms with Gasteiger partial charge in [0.1, 0.15) is 0 Å². The Kier molecular flexibility index (Phi) is 7.98. The molecule has 0 radical (unpaired) electrons. The molecule has 0 bridgehead atoms. The normalized spacial score (nSPS) is 16.6. The Bertz CT molecular complexity index is 1810. The van der Waals surface area contributed by atoms with Gasteiger partial charge in [-0.3, -0.25) is 9.97 Å². The third-order valence-electron chi connectivity index (χ3n) is 9.39. The van der Waals surface area contributed by atoms with Crippen molar-refractivity contribution in [3.8, 4) is 16.8 Å². The molecule has 0 aliphatic heterocycles. The molecule has 5 aromatic rings. The summed E-state index contributed by atoms with van der Waals surface area (Å²) >= 11 is 6.01. The summed E-state index contributed by atoms with van der Waals surface area (Å²) < 4.78 is 42.3. The van der Waals surface area contributed by atoms with E-state index in [4.69, 9.17) is 16.6 Å². The number of hydrogen-bond acceptors (Lipinski definition) is 3. The summed E-state index contributed by atoms with van der Waals surface area (Å²) in [6.07, 6.45) is 11.7. The lowest BCUT2D eigenvalue weighted by Crippen LogP contribution is -2.14. The first-order valence-electron chi connectivity index (χ1n) is 15.7. The van der Waals surface area contributed by atoms with Gasteiger partial charge in [-0.15, -0.1) is 0 Å². The predicted molar refractivity (Wildman–Crippen MR) is 171 cm³/mol. The van der Waals surface area contributed by atoms with Crippen molar-refractivity contribution in [3.63, 3.8) is 0 Å². The maximum Gasteiger partial charge on any atom is 0.434 e. The van der Waals surface area contributed by atoms with E-state index in [2.05, 4.69) is 34.5 Å². The van der Waals surface area contributed by atoms with Crippen LogP contribution < -0.4 is 0 Å². The Hall–Kier alpha value is -3.97. The molecule has 1 fully saturated rings. The predicted octanol–water partition coefficient (Wildman–Crippen LogP) is 9.53. The van der Waals surface area contributed by atoms with Gasteiger partial charge in [0.2, 0.25) is 0 Å². The highest BCUT2D eigenvalue weighted by molar-refractivity contribution is 6.30. The fraction of sp³-hybridized carbons (Fsp3) is 0.324. The molecule has 0 amide bonds. The molecule has 230 valence electrons. The van der Waals surface area contributed by atoms with E-state index in [9.17, 15) is 13.2 Å². The van der Waals surface area contributed by atoms with Crippen molar-refractivity contribution >= 4 is 11.6 Å². The summed E-state index contributed by atoms with van der Waals surface area (Å²) in [7, 11) is 0. The van der Waals surface area contributed by atoms with Gasteiger partial charge >= 0.3 is 6.18 Å². The topological polar surface area (TPSA) is 43.6 Å². The van der Waals surface area contributed by atoms with E-state index < -0.39 is 11.9 Å². The SMILES string of the molecule is Clc1ccc(C2(c3cnc4c(c3)CCCC4)CC2)cc1.FC(F)(F)c1c(-c2cnc3c(c2)CCCC3)cnn1-c1ccccc1. The molecule has 8 rings (SSSR count). The molecule has 4 nitrogen and oxygen atoms in total. The smallest absolute Gasteiger partial charge is 0.261 e. The number of hydrogen-bond donors (Lipinski definition) is 0. The molecule has 3 aromatic heterocycles. The van der Waals surface area contributed by atoms with Crippen molar-refractivity contribution in [3.05, 3.63) is 130 Å². The van der Waals surface area contributed by atoms with Crippen LogP contribution in [0.1, 0.15) is 77.9 Å². The van der Waals surface area contributed by atoms with Crippen LogP contribution >= 0.6 is 11.6 Å². The first-order valence-corrected chi connectivity index (χ1v) is 16.1. The summed E-state index contributed by atoms with van der Waals surface area (Å²) in [6.45, 7) is 0. The number of benzene rings is 2. The van der Waals surface area contributed by atoms with Crippen molar-refractivity contribution < 1.29 is 13.2 Å². The lowest BCUT2D eigenvalue weighted by molar-refractivity contribution is -0.142. The highest BCUT2D eigenvalue weighted by atomic mass is 35.5. The van der Waals surface area contributed by atoms with Crippen LogP contribution in [0.15, 0.2) is 85.3 Å². The summed E-state index contributed by atoms with van der Waals surface area (Å²) in [4.78, 5) is 9.14. The molecule has 0 N–H and O–H groups in total. The first-order chi connectivity index (χ1) is 21.8. The Labute approximate surface area is 266 Å². The van der Waals surface area contributed by atoms with Crippen molar-refractivity contribution in [2.24, 2.45) is 0 Å². The summed E-state index contributed by atoms with van der Waals surface area (Å²) in [5.41, 5.74) is 8.00. The lowest BCUT2D eigenvalue weighted by Gasteiger charge is -2.20. The molecular weight excluding hydrogens is 593 g/mol. The molecule has 0 saturated heterocycles. The van der Waals surface area contributed by atoms with E-state index in [-0.39, 0.29) is 11.0 Å². The maximum absolute atomic E-state index is 13.8. The highest BCUT2D eigenvalue weighted by Crippen LogP contribution is 2.53. The van der Waals surface area contributed by atoms with Gasteiger partial charge < -0.3 is 0 Å². The maximum atomic E-state index is 13.8. The van der Waals surface area contributed by atoms with E-state index in [1.54, 1.807) is 30.3 Å². The zero-order valence-corrected chi connectivity index (χ0v) is 25.7. The Morgan fingerprint density at radius 3 is 1.96 bits per heavy atom. The van der Waals surface area contributed by atoms with Gasteiger partial charge in [-0.05, 0) is 117 Å². The fourth-order valence-electron chi connectivity index (χ4n) is 6.82. The quantitative estimate of drug-likeness (QED) is 0.200. The average molecular weight is 627 g/mol. The van der Waals surface area contributed by atoms with Gasteiger partial charge in [0.15, 0.2) is 5.69 Å². The number of aromatic nitrogens is 4. The minimum Gasteiger partial charge on any atom is -0.261 e. The Morgan fingerprint density at radius 1 is 0.689 bits per heavy atom. The number of rotatable bonds is 4. The number of aryl methyl sites for hydroxylation is 4. The van der Waals surface area contributed by atoms with Gasteiger partial charge in [-0.2, -0.15) is 18.3 Å². The average Bonchev–Trinajstić information content (AvgIpc) is 3.75. The molecule has 0 atom stereocenters. The molecule has 1 saturated carbocycles. The molecule has 3 aliphatic carbocycles. The van der Waals surface area contributed by atoms with Crippen LogP contribution in [0, 0.1) is 0 Å². The van der Waals surface area contributed by atoms with Gasteiger partial charge in [-0.25, -0.2) is 4.68 Å². The van der Waals surface area contributed by atoms with Crippen LogP contribution in [0.4, 0.5) is 13.2 Å².